The second-order valence-electron chi connectivity index (χ2n) is 8.08. The fourth-order valence-electron chi connectivity index (χ4n) is 3.76. The van der Waals surface area contributed by atoms with Gasteiger partial charge < -0.3 is 24.3 Å². The molecule has 3 aromatic rings. The number of ether oxygens (including phenoxy) is 4. The first-order valence-electron chi connectivity index (χ1n) is 11.9. The molecule has 0 aliphatic heterocycles. The highest BCUT2D eigenvalue weighted by Crippen LogP contribution is 2.33. The number of methoxy groups -OCH3 is 2. The third-order valence-corrected chi connectivity index (χ3v) is 5.59. The van der Waals surface area contributed by atoms with Gasteiger partial charge in [0.15, 0.2) is 11.5 Å². The summed E-state index contributed by atoms with van der Waals surface area (Å²) in [5.41, 5.74) is 2.49. The van der Waals surface area contributed by atoms with Gasteiger partial charge in [0.25, 0.3) is 5.91 Å². The van der Waals surface area contributed by atoms with Gasteiger partial charge in [-0.25, -0.2) is 0 Å². The topological polar surface area (TPSA) is 107 Å². The molecule has 0 spiro atoms. The summed E-state index contributed by atoms with van der Waals surface area (Å²) < 4.78 is 22.0. The lowest BCUT2D eigenvalue weighted by Gasteiger charge is -2.19. The highest BCUT2D eigenvalue weighted by Gasteiger charge is 2.25. The van der Waals surface area contributed by atoms with Crippen molar-refractivity contribution < 1.29 is 28.5 Å². The van der Waals surface area contributed by atoms with E-state index in [4.69, 9.17) is 18.9 Å². The molecule has 0 fully saturated rings. The number of carbonyl (C=O) groups excluding carboxylic acids is 2. The van der Waals surface area contributed by atoms with Crippen LogP contribution in [0.2, 0.25) is 0 Å². The summed E-state index contributed by atoms with van der Waals surface area (Å²) >= 11 is 0. The number of nitrogens with zero attached hydrogens (tertiary/aromatic N) is 1. The molecule has 0 radical (unpaired) electrons. The zero-order valence-electron chi connectivity index (χ0n) is 21.2. The third kappa shape index (κ3) is 7.48. The normalized spacial score (nSPS) is 11.1. The number of aryl methyl sites for hydroxylation is 1. The quantitative estimate of drug-likeness (QED) is 0.363. The minimum absolute atomic E-state index is 0.0495. The van der Waals surface area contributed by atoms with Gasteiger partial charge in [-0.1, -0.05) is 43.3 Å². The number of nitrogens with one attached hydrogen (secondary N) is 1. The van der Waals surface area contributed by atoms with Crippen molar-refractivity contribution in [2.75, 3.05) is 20.8 Å². The molecule has 0 bridgehead atoms. The van der Waals surface area contributed by atoms with Gasteiger partial charge in [-0.15, -0.1) is 0 Å². The number of para-hydroxylation sites is 1. The number of nitriles is 1. The maximum Gasteiger partial charge on any atom is 0.310 e. The van der Waals surface area contributed by atoms with E-state index in [1.165, 1.54) is 6.07 Å². The van der Waals surface area contributed by atoms with Gasteiger partial charge in [-0.2, -0.15) is 5.26 Å². The Balaban J connectivity index is 1.73. The first kappa shape index (κ1) is 27.1. The number of amides is 1. The van der Waals surface area contributed by atoms with Crippen LogP contribution in [0.5, 0.6) is 17.2 Å². The van der Waals surface area contributed by atoms with E-state index >= 15 is 0 Å². The maximum absolute atomic E-state index is 13.2. The largest absolute Gasteiger partial charge is 0.493 e. The Morgan fingerprint density at radius 1 is 1.00 bits per heavy atom. The highest BCUT2D eigenvalue weighted by atomic mass is 16.6. The van der Waals surface area contributed by atoms with Gasteiger partial charge in [0.1, 0.15) is 5.75 Å². The van der Waals surface area contributed by atoms with E-state index in [9.17, 15) is 14.9 Å². The van der Waals surface area contributed by atoms with E-state index in [1.54, 1.807) is 50.6 Å². The van der Waals surface area contributed by atoms with Crippen molar-refractivity contribution in [1.29, 1.82) is 5.26 Å². The molecule has 1 unspecified atom stereocenters. The lowest BCUT2D eigenvalue weighted by atomic mass is 10.0. The molecule has 8 heteroatoms. The predicted octanol–water partition coefficient (Wildman–Crippen LogP) is 4.51. The lowest BCUT2D eigenvalue weighted by molar-refractivity contribution is -0.157. The van der Waals surface area contributed by atoms with Gasteiger partial charge in [-0.05, 0) is 47.9 Å². The molecule has 0 aliphatic carbocycles. The fourth-order valence-corrected chi connectivity index (χ4v) is 3.76. The third-order valence-electron chi connectivity index (χ3n) is 5.59. The van der Waals surface area contributed by atoms with Crippen LogP contribution in [0, 0.1) is 11.3 Å². The van der Waals surface area contributed by atoms with E-state index < -0.39 is 18.0 Å². The van der Waals surface area contributed by atoms with Crippen molar-refractivity contribution in [2.24, 2.45) is 0 Å². The second kappa shape index (κ2) is 13.5. The van der Waals surface area contributed by atoms with Gasteiger partial charge in [-0.3, -0.25) is 9.59 Å². The van der Waals surface area contributed by atoms with Crippen molar-refractivity contribution in [1.82, 2.24) is 5.32 Å². The summed E-state index contributed by atoms with van der Waals surface area (Å²) in [6.07, 6.45) is -0.567. The van der Waals surface area contributed by atoms with Crippen LogP contribution in [0.3, 0.4) is 0 Å². The van der Waals surface area contributed by atoms with E-state index in [2.05, 4.69) is 5.32 Å². The SMILES string of the molecule is CCc1cc(CNC(=O)C(OC(=O)CCOc2ccccc2)c2cccc(C#N)c2)cc(OC)c1OC. The minimum Gasteiger partial charge on any atom is -0.493 e. The van der Waals surface area contributed by atoms with Gasteiger partial charge >= 0.3 is 5.97 Å². The second-order valence-corrected chi connectivity index (χ2v) is 8.08. The van der Waals surface area contributed by atoms with Crippen LogP contribution in [0.1, 0.15) is 41.7 Å². The molecule has 192 valence electrons. The summed E-state index contributed by atoms with van der Waals surface area (Å²) in [6, 6.07) is 21.3. The molecule has 0 aliphatic rings. The Morgan fingerprint density at radius 2 is 1.78 bits per heavy atom. The summed E-state index contributed by atoms with van der Waals surface area (Å²) in [4.78, 5) is 25.8. The Kier molecular flexibility index (Phi) is 9.91. The highest BCUT2D eigenvalue weighted by molar-refractivity contribution is 5.85. The molecule has 0 aromatic heterocycles. The number of rotatable bonds is 12. The number of esters is 1. The molecule has 8 nitrogen and oxygen atoms in total. The Labute approximate surface area is 216 Å². The van der Waals surface area contributed by atoms with Crippen LogP contribution in [0.25, 0.3) is 0 Å². The van der Waals surface area contributed by atoms with Gasteiger partial charge in [0.05, 0.1) is 38.9 Å². The summed E-state index contributed by atoms with van der Waals surface area (Å²) in [6.45, 7) is 2.27. The summed E-state index contributed by atoms with van der Waals surface area (Å²) in [5.74, 6) is 0.734. The maximum atomic E-state index is 13.2. The average molecular weight is 503 g/mol. The molecule has 1 atom stereocenters. The van der Waals surface area contributed by atoms with Crippen LogP contribution in [0.4, 0.5) is 0 Å². The Morgan fingerprint density at radius 3 is 2.46 bits per heavy atom. The van der Waals surface area contributed by atoms with E-state index in [0.29, 0.717) is 34.8 Å². The standard InChI is InChI=1S/C29H30N2O6/c1-4-22-16-21(17-25(34-2)27(22)35-3)19-31-29(33)28(23-10-8-9-20(15-23)18-30)37-26(32)13-14-36-24-11-6-5-7-12-24/h5-12,15-17,28H,4,13-14,19H2,1-3H3,(H,31,33). The number of benzene rings is 3. The molecule has 0 heterocycles. The minimum atomic E-state index is -1.23. The van der Waals surface area contributed by atoms with Crippen LogP contribution in [-0.2, 0) is 27.3 Å². The van der Waals surface area contributed by atoms with E-state index in [1.807, 2.05) is 37.3 Å². The lowest BCUT2D eigenvalue weighted by Crippen LogP contribution is -2.32. The average Bonchev–Trinajstić information content (AvgIpc) is 2.94. The van der Waals surface area contributed by atoms with Crippen molar-refractivity contribution in [2.45, 2.75) is 32.4 Å². The molecular weight excluding hydrogens is 472 g/mol. The molecule has 37 heavy (non-hydrogen) atoms. The zero-order chi connectivity index (χ0) is 26.6. The molecule has 3 aromatic carbocycles. The van der Waals surface area contributed by atoms with Crippen LogP contribution < -0.4 is 19.5 Å². The van der Waals surface area contributed by atoms with Crippen molar-refractivity contribution >= 4 is 11.9 Å². The number of carbonyl (C=O) groups is 2. The van der Waals surface area contributed by atoms with Gasteiger partial charge in [0, 0.05) is 12.1 Å². The van der Waals surface area contributed by atoms with Crippen LogP contribution in [-0.4, -0.2) is 32.7 Å². The summed E-state index contributed by atoms with van der Waals surface area (Å²) in [5, 5.41) is 12.1. The zero-order valence-corrected chi connectivity index (χ0v) is 21.2. The summed E-state index contributed by atoms with van der Waals surface area (Å²) in [7, 11) is 3.14. The Bertz CT molecular complexity index is 1230. The van der Waals surface area contributed by atoms with E-state index in [-0.39, 0.29) is 19.6 Å². The smallest absolute Gasteiger partial charge is 0.310 e. The predicted molar refractivity (Wildman–Crippen MR) is 137 cm³/mol. The monoisotopic (exact) mass is 502 g/mol. The Hall–Kier alpha value is -4.51. The van der Waals surface area contributed by atoms with E-state index in [0.717, 1.165) is 11.1 Å². The first-order chi connectivity index (χ1) is 18.0. The van der Waals surface area contributed by atoms with Crippen LogP contribution >= 0.6 is 0 Å². The molecule has 1 N–H and O–H groups in total. The van der Waals surface area contributed by atoms with Crippen molar-refractivity contribution in [3.63, 3.8) is 0 Å². The molecule has 1 amide bonds. The first-order valence-corrected chi connectivity index (χ1v) is 11.9. The number of hydrogen-bond donors (Lipinski definition) is 1. The van der Waals surface area contributed by atoms with Crippen molar-refractivity contribution in [3.8, 4) is 23.3 Å². The molecule has 3 rings (SSSR count). The van der Waals surface area contributed by atoms with Crippen LogP contribution in [0.15, 0.2) is 66.7 Å². The fraction of sp³-hybridized carbons (Fsp3) is 0.276. The molecule has 0 saturated heterocycles. The van der Waals surface area contributed by atoms with Gasteiger partial charge in [0.2, 0.25) is 6.10 Å². The van der Waals surface area contributed by atoms with Crippen molar-refractivity contribution in [3.05, 3.63) is 89.0 Å². The molecular formula is C29H30N2O6. The number of hydrogen-bond acceptors (Lipinski definition) is 7. The molecule has 0 saturated carbocycles.